The number of benzene rings is 1. The average Bonchev–Trinajstić information content (AvgIpc) is 3.06. The van der Waals surface area contributed by atoms with Crippen LogP contribution in [0.2, 0.25) is 0 Å². The maximum Gasteiger partial charge on any atom is 0.235 e. The molecule has 1 aliphatic rings. The maximum atomic E-state index is 13.0. The first-order valence-corrected chi connectivity index (χ1v) is 11.5. The first-order chi connectivity index (χ1) is 13.5. The molecule has 0 saturated heterocycles. The smallest absolute Gasteiger partial charge is 0.235 e. The van der Waals surface area contributed by atoms with Gasteiger partial charge in [0.1, 0.15) is 15.7 Å². The normalized spacial score (nSPS) is 14.7. The number of thioether (sulfide) groups is 1. The lowest BCUT2D eigenvalue weighted by Crippen LogP contribution is -2.32. The van der Waals surface area contributed by atoms with Crippen LogP contribution in [0, 0.1) is 6.92 Å². The summed E-state index contributed by atoms with van der Waals surface area (Å²) < 4.78 is 0. The van der Waals surface area contributed by atoms with Gasteiger partial charge < -0.3 is 4.90 Å². The SMILES string of the molecule is Cc1nc(S[C@@H](C)C(=O)N(C)Cc2ccccc2)c2c3c(sc2n1)CCCC3. The van der Waals surface area contributed by atoms with Gasteiger partial charge in [-0.3, -0.25) is 4.79 Å². The van der Waals surface area contributed by atoms with Gasteiger partial charge in [0.25, 0.3) is 0 Å². The van der Waals surface area contributed by atoms with Gasteiger partial charge in [0.05, 0.1) is 5.25 Å². The van der Waals surface area contributed by atoms with E-state index in [1.54, 1.807) is 16.7 Å². The Kier molecular flexibility index (Phi) is 5.69. The molecule has 146 valence electrons. The van der Waals surface area contributed by atoms with Crippen LogP contribution in [0.5, 0.6) is 0 Å². The van der Waals surface area contributed by atoms with Gasteiger partial charge in [-0.15, -0.1) is 11.3 Å². The summed E-state index contributed by atoms with van der Waals surface area (Å²) in [6, 6.07) is 10.1. The first-order valence-electron chi connectivity index (χ1n) is 9.77. The van der Waals surface area contributed by atoms with Gasteiger partial charge in [-0.25, -0.2) is 9.97 Å². The summed E-state index contributed by atoms with van der Waals surface area (Å²) >= 11 is 3.39. The van der Waals surface area contributed by atoms with Crippen molar-refractivity contribution in [3.05, 3.63) is 52.2 Å². The molecule has 4 nitrogen and oxygen atoms in total. The molecule has 2 aromatic heterocycles. The Morgan fingerprint density at radius 1 is 1.21 bits per heavy atom. The van der Waals surface area contributed by atoms with E-state index < -0.39 is 0 Å². The van der Waals surface area contributed by atoms with Gasteiger partial charge in [-0.05, 0) is 50.7 Å². The van der Waals surface area contributed by atoms with Gasteiger partial charge in [-0.1, -0.05) is 42.1 Å². The highest BCUT2D eigenvalue weighted by atomic mass is 32.2. The van der Waals surface area contributed by atoms with Crippen LogP contribution < -0.4 is 0 Å². The predicted octanol–water partition coefficient (Wildman–Crippen LogP) is 5.02. The molecule has 1 aliphatic carbocycles. The lowest BCUT2D eigenvalue weighted by molar-refractivity contribution is -0.129. The van der Waals surface area contributed by atoms with Crippen molar-refractivity contribution in [1.82, 2.24) is 14.9 Å². The van der Waals surface area contributed by atoms with Crippen LogP contribution in [0.25, 0.3) is 10.2 Å². The molecule has 0 radical (unpaired) electrons. The molecule has 2 heterocycles. The molecular weight excluding hydrogens is 386 g/mol. The minimum atomic E-state index is -0.189. The zero-order valence-electron chi connectivity index (χ0n) is 16.6. The zero-order chi connectivity index (χ0) is 19.7. The quantitative estimate of drug-likeness (QED) is 0.437. The highest BCUT2D eigenvalue weighted by Crippen LogP contribution is 2.40. The van der Waals surface area contributed by atoms with Crippen LogP contribution in [-0.4, -0.2) is 33.1 Å². The summed E-state index contributed by atoms with van der Waals surface area (Å²) in [5, 5.41) is 1.97. The lowest BCUT2D eigenvalue weighted by atomic mass is 9.97. The number of carbonyl (C=O) groups is 1. The number of hydrogen-bond acceptors (Lipinski definition) is 5. The number of aryl methyl sites for hydroxylation is 3. The molecule has 6 heteroatoms. The third-order valence-electron chi connectivity index (χ3n) is 5.17. The second-order valence-electron chi connectivity index (χ2n) is 7.41. The fraction of sp³-hybridized carbons (Fsp3) is 0.409. The van der Waals surface area contributed by atoms with Crippen molar-refractivity contribution in [2.75, 3.05) is 7.05 Å². The molecule has 0 saturated carbocycles. The minimum Gasteiger partial charge on any atom is -0.340 e. The number of carbonyl (C=O) groups excluding carboxylic acids is 1. The van der Waals surface area contributed by atoms with Crippen molar-refractivity contribution in [3.63, 3.8) is 0 Å². The first kappa shape index (κ1) is 19.4. The second-order valence-corrected chi connectivity index (χ2v) is 9.82. The van der Waals surface area contributed by atoms with Crippen molar-refractivity contribution >= 4 is 39.2 Å². The summed E-state index contributed by atoms with van der Waals surface area (Å²) in [6.07, 6.45) is 4.73. The number of rotatable bonds is 5. The van der Waals surface area contributed by atoms with Crippen molar-refractivity contribution in [2.24, 2.45) is 0 Å². The Labute approximate surface area is 174 Å². The van der Waals surface area contributed by atoms with Gasteiger partial charge in [0.2, 0.25) is 5.91 Å². The van der Waals surface area contributed by atoms with Gasteiger partial charge in [0, 0.05) is 23.9 Å². The van der Waals surface area contributed by atoms with Crippen molar-refractivity contribution in [2.45, 2.75) is 56.4 Å². The van der Waals surface area contributed by atoms with Crippen molar-refractivity contribution < 1.29 is 4.79 Å². The standard InChI is InChI=1S/C22H25N3OS2/c1-14(22(26)25(3)13-16-9-5-4-6-10-16)27-20-19-17-11-7-8-12-18(17)28-21(19)24-15(2)23-20/h4-6,9-10,14H,7-8,11-13H2,1-3H3/t14-/m0/s1. The third kappa shape index (κ3) is 3.94. The van der Waals surface area contributed by atoms with Gasteiger partial charge in [0.15, 0.2) is 0 Å². The molecule has 0 bridgehead atoms. The second kappa shape index (κ2) is 8.21. The largest absolute Gasteiger partial charge is 0.340 e. The van der Waals surface area contributed by atoms with Gasteiger partial charge >= 0.3 is 0 Å². The minimum absolute atomic E-state index is 0.127. The summed E-state index contributed by atoms with van der Waals surface area (Å²) in [4.78, 5) is 26.7. The van der Waals surface area contributed by atoms with E-state index in [-0.39, 0.29) is 11.2 Å². The van der Waals surface area contributed by atoms with E-state index in [4.69, 9.17) is 4.98 Å². The van der Waals surface area contributed by atoms with Crippen LogP contribution in [-0.2, 0) is 24.2 Å². The van der Waals surface area contributed by atoms with E-state index >= 15 is 0 Å². The highest BCUT2D eigenvalue weighted by Gasteiger charge is 2.25. The molecule has 28 heavy (non-hydrogen) atoms. The summed E-state index contributed by atoms with van der Waals surface area (Å²) in [7, 11) is 1.87. The maximum absolute atomic E-state index is 13.0. The lowest BCUT2D eigenvalue weighted by Gasteiger charge is -2.21. The van der Waals surface area contributed by atoms with Crippen LogP contribution in [0.1, 0.15) is 41.6 Å². The van der Waals surface area contributed by atoms with Crippen LogP contribution in [0.3, 0.4) is 0 Å². The molecule has 1 atom stereocenters. The number of hydrogen-bond donors (Lipinski definition) is 0. The van der Waals surface area contributed by atoms with E-state index in [9.17, 15) is 4.79 Å². The fourth-order valence-corrected chi connectivity index (χ4v) is 6.28. The Hall–Kier alpha value is -1.92. The molecule has 1 amide bonds. The van der Waals surface area contributed by atoms with Crippen molar-refractivity contribution in [3.8, 4) is 0 Å². The van der Waals surface area contributed by atoms with E-state index in [2.05, 4.69) is 17.1 Å². The Morgan fingerprint density at radius 3 is 2.75 bits per heavy atom. The zero-order valence-corrected chi connectivity index (χ0v) is 18.2. The van der Waals surface area contributed by atoms with Crippen molar-refractivity contribution in [1.29, 1.82) is 0 Å². The molecule has 0 spiro atoms. The third-order valence-corrected chi connectivity index (χ3v) is 7.43. The number of fused-ring (bicyclic) bond motifs is 3. The number of thiophene rings is 1. The van der Waals surface area contributed by atoms with Crippen LogP contribution >= 0.6 is 23.1 Å². The fourth-order valence-electron chi connectivity index (χ4n) is 3.77. The Morgan fingerprint density at radius 2 is 1.96 bits per heavy atom. The van der Waals surface area contributed by atoms with Crippen LogP contribution in [0.15, 0.2) is 35.4 Å². The Balaban J connectivity index is 1.57. The van der Waals surface area contributed by atoms with Gasteiger partial charge in [-0.2, -0.15) is 0 Å². The number of nitrogens with zero attached hydrogens (tertiary/aromatic N) is 3. The average molecular weight is 412 g/mol. The molecule has 0 fully saturated rings. The van der Waals surface area contributed by atoms with E-state index in [0.29, 0.717) is 6.54 Å². The summed E-state index contributed by atoms with van der Waals surface area (Å²) in [6.45, 7) is 4.55. The topological polar surface area (TPSA) is 46.1 Å². The Bertz CT molecular complexity index is 1000. The molecule has 3 aromatic rings. The molecule has 0 aliphatic heterocycles. The molecule has 0 N–H and O–H groups in total. The van der Waals surface area contributed by atoms with E-state index in [0.717, 1.165) is 34.1 Å². The monoisotopic (exact) mass is 411 g/mol. The number of aromatic nitrogens is 2. The van der Waals surface area contributed by atoms with Crippen LogP contribution in [0.4, 0.5) is 0 Å². The van der Waals surface area contributed by atoms with E-state index in [1.807, 2.05) is 50.4 Å². The summed E-state index contributed by atoms with van der Waals surface area (Å²) in [5.41, 5.74) is 2.56. The number of amides is 1. The molecular formula is C22H25N3OS2. The predicted molar refractivity (Wildman–Crippen MR) is 117 cm³/mol. The van der Waals surface area contributed by atoms with E-state index in [1.165, 1.54) is 28.7 Å². The molecule has 0 unspecified atom stereocenters. The summed E-state index contributed by atoms with van der Waals surface area (Å²) in [5.74, 6) is 0.910. The molecule has 4 rings (SSSR count). The highest BCUT2D eigenvalue weighted by molar-refractivity contribution is 8.00. The molecule has 1 aromatic carbocycles.